The minimum absolute atomic E-state index is 0.0218. The molecule has 7 heteroatoms. The number of halogens is 1. The SMILES string of the molecule is CCc1onc2c1CCC21CCN(CC2CC(N(C)[C@@H](C(=O)O)C(C)C)CC2c2cccc(F)c2)CC1. The van der Waals surface area contributed by atoms with Crippen LogP contribution in [0, 0.1) is 17.7 Å². The fourth-order valence-corrected chi connectivity index (χ4v) is 7.69. The number of hydrogen-bond acceptors (Lipinski definition) is 5. The first-order valence-corrected chi connectivity index (χ1v) is 14.1. The van der Waals surface area contributed by atoms with E-state index in [-0.39, 0.29) is 29.1 Å². The molecule has 202 valence electrons. The first-order chi connectivity index (χ1) is 17.7. The second-order valence-electron chi connectivity index (χ2n) is 12.1. The molecule has 6 nitrogen and oxygen atoms in total. The number of carbonyl (C=O) groups is 1. The molecular weight excluding hydrogens is 469 g/mol. The van der Waals surface area contributed by atoms with Gasteiger partial charge in [-0.15, -0.1) is 0 Å². The van der Waals surface area contributed by atoms with Gasteiger partial charge < -0.3 is 14.5 Å². The zero-order chi connectivity index (χ0) is 26.3. The Hall–Kier alpha value is -2.25. The minimum atomic E-state index is -0.764. The molecule has 3 aliphatic rings. The standard InChI is InChI=1S/C30H42FN3O3/c1-5-26-24-9-10-30(28(24)32-37-26)11-13-34(14-12-30)18-21-16-23(33(4)27(19(2)3)29(35)36)17-25(21)20-7-6-8-22(31)15-20/h6-8,15,19,21,23,25,27H,5,9-14,16-18H2,1-4H3,(H,35,36)/t21?,23?,25?,27-/m1/s1. The molecule has 2 heterocycles. The molecule has 1 spiro atoms. The molecule has 1 aliphatic heterocycles. The minimum Gasteiger partial charge on any atom is -0.480 e. The number of piperidine rings is 1. The van der Waals surface area contributed by atoms with Crippen molar-refractivity contribution in [2.24, 2.45) is 11.8 Å². The van der Waals surface area contributed by atoms with Gasteiger partial charge in [-0.05, 0) is 94.1 Å². The van der Waals surface area contributed by atoms with Gasteiger partial charge in [0.15, 0.2) is 0 Å². The van der Waals surface area contributed by atoms with Crippen LogP contribution in [0.5, 0.6) is 0 Å². The lowest BCUT2D eigenvalue weighted by Crippen LogP contribution is -2.47. The summed E-state index contributed by atoms with van der Waals surface area (Å²) < 4.78 is 19.9. The van der Waals surface area contributed by atoms with E-state index in [1.54, 1.807) is 12.1 Å². The summed E-state index contributed by atoms with van der Waals surface area (Å²) in [5.74, 6) is 0.710. The first kappa shape index (κ1) is 26.4. The molecule has 37 heavy (non-hydrogen) atoms. The zero-order valence-electron chi connectivity index (χ0n) is 22.8. The van der Waals surface area contributed by atoms with E-state index in [0.717, 1.165) is 69.5 Å². The molecule has 2 aromatic rings. The number of aryl methyl sites for hydroxylation is 1. The fraction of sp³-hybridized carbons (Fsp3) is 0.667. The molecular formula is C30H42FN3O3. The monoisotopic (exact) mass is 511 g/mol. The third-order valence-electron chi connectivity index (χ3n) is 9.70. The summed E-state index contributed by atoms with van der Waals surface area (Å²) in [6.07, 6.45) is 7.17. The van der Waals surface area contributed by atoms with Crippen LogP contribution in [0.15, 0.2) is 28.8 Å². The van der Waals surface area contributed by atoms with E-state index < -0.39 is 12.0 Å². The maximum absolute atomic E-state index is 14.2. The van der Waals surface area contributed by atoms with Gasteiger partial charge in [0.25, 0.3) is 0 Å². The molecule has 2 aliphatic carbocycles. The Kier molecular flexibility index (Phi) is 7.47. The molecule has 0 bridgehead atoms. The number of carboxylic acids is 1. The molecule has 1 saturated heterocycles. The van der Waals surface area contributed by atoms with Crippen molar-refractivity contribution in [3.8, 4) is 0 Å². The molecule has 4 atom stereocenters. The largest absolute Gasteiger partial charge is 0.480 e. The summed E-state index contributed by atoms with van der Waals surface area (Å²) in [7, 11) is 1.96. The maximum Gasteiger partial charge on any atom is 0.321 e. The highest BCUT2D eigenvalue weighted by molar-refractivity contribution is 5.73. The highest BCUT2D eigenvalue weighted by atomic mass is 19.1. The number of likely N-dealkylation sites (tertiary alicyclic amines) is 1. The van der Waals surface area contributed by atoms with Gasteiger partial charge in [0.1, 0.15) is 17.6 Å². The fourth-order valence-electron chi connectivity index (χ4n) is 7.69. The third-order valence-corrected chi connectivity index (χ3v) is 9.70. The van der Waals surface area contributed by atoms with Crippen LogP contribution in [0.25, 0.3) is 0 Å². The number of nitrogens with zero attached hydrogens (tertiary/aromatic N) is 3. The molecule has 1 N–H and O–H groups in total. The topological polar surface area (TPSA) is 69.8 Å². The lowest BCUT2D eigenvalue weighted by atomic mass is 9.76. The number of hydrogen-bond donors (Lipinski definition) is 1. The van der Waals surface area contributed by atoms with Crippen LogP contribution in [0.3, 0.4) is 0 Å². The van der Waals surface area contributed by atoms with Crippen molar-refractivity contribution in [3.63, 3.8) is 0 Å². The first-order valence-electron chi connectivity index (χ1n) is 14.1. The van der Waals surface area contributed by atoms with Crippen molar-refractivity contribution in [2.45, 2.75) is 89.1 Å². The molecule has 2 fully saturated rings. The van der Waals surface area contributed by atoms with E-state index in [4.69, 9.17) is 4.52 Å². The van der Waals surface area contributed by atoms with Crippen molar-refractivity contribution in [3.05, 3.63) is 52.7 Å². The number of carboxylic acid groups (broad SMARTS) is 1. The van der Waals surface area contributed by atoms with Gasteiger partial charge >= 0.3 is 5.97 Å². The summed E-state index contributed by atoms with van der Waals surface area (Å²) in [6, 6.07) is 6.68. The predicted octanol–water partition coefficient (Wildman–Crippen LogP) is 5.26. The highest BCUT2D eigenvalue weighted by Crippen LogP contribution is 2.48. The van der Waals surface area contributed by atoms with Gasteiger partial charge in [-0.2, -0.15) is 0 Å². The number of benzene rings is 1. The summed E-state index contributed by atoms with van der Waals surface area (Å²) in [6.45, 7) is 9.11. The van der Waals surface area contributed by atoms with E-state index in [9.17, 15) is 14.3 Å². The van der Waals surface area contributed by atoms with E-state index in [1.807, 2.05) is 27.0 Å². The lowest BCUT2D eigenvalue weighted by molar-refractivity contribution is -0.145. The average Bonchev–Trinajstić information content (AvgIpc) is 3.56. The number of fused-ring (bicyclic) bond motifs is 2. The Labute approximate surface area is 220 Å². The van der Waals surface area contributed by atoms with Crippen LogP contribution in [0.1, 0.15) is 81.4 Å². The third kappa shape index (κ3) is 4.97. The molecule has 0 radical (unpaired) electrons. The van der Waals surface area contributed by atoms with Crippen LogP contribution in [0.4, 0.5) is 4.39 Å². The second kappa shape index (κ2) is 10.5. The number of aliphatic carboxylic acids is 1. The van der Waals surface area contributed by atoms with Crippen molar-refractivity contribution in [2.75, 3.05) is 26.7 Å². The molecule has 1 saturated carbocycles. The average molecular weight is 512 g/mol. The smallest absolute Gasteiger partial charge is 0.321 e. The zero-order valence-corrected chi connectivity index (χ0v) is 22.8. The second-order valence-corrected chi connectivity index (χ2v) is 12.1. The molecule has 3 unspecified atom stereocenters. The molecule has 1 aromatic heterocycles. The van der Waals surface area contributed by atoms with Crippen molar-refractivity contribution in [1.82, 2.24) is 15.0 Å². The van der Waals surface area contributed by atoms with Crippen molar-refractivity contribution >= 4 is 5.97 Å². The molecule has 0 amide bonds. The Bertz CT molecular complexity index is 1110. The van der Waals surface area contributed by atoms with Crippen LogP contribution in [-0.2, 0) is 23.1 Å². The molecule has 5 rings (SSSR count). The summed E-state index contributed by atoms with van der Waals surface area (Å²) in [5.41, 5.74) is 3.79. The normalized spacial score (nSPS) is 26.3. The molecule has 1 aromatic carbocycles. The maximum atomic E-state index is 14.2. The van der Waals surface area contributed by atoms with Gasteiger partial charge in [-0.3, -0.25) is 9.69 Å². The van der Waals surface area contributed by atoms with Crippen LogP contribution >= 0.6 is 0 Å². The van der Waals surface area contributed by atoms with Gasteiger partial charge in [0, 0.05) is 30.0 Å². The Morgan fingerprint density at radius 1 is 1.27 bits per heavy atom. The Morgan fingerprint density at radius 3 is 2.68 bits per heavy atom. The number of aromatic nitrogens is 1. The summed E-state index contributed by atoms with van der Waals surface area (Å²) in [4.78, 5) is 16.7. The predicted molar refractivity (Wildman–Crippen MR) is 141 cm³/mol. The van der Waals surface area contributed by atoms with E-state index in [2.05, 4.69) is 21.9 Å². The van der Waals surface area contributed by atoms with E-state index >= 15 is 0 Å². The van der Waals surface area contributed by atoms with Gasteiger partial charge in [-0.25, -0.2) is 4.39 Å². The van der Waals surface area contributed by atoms with Crippen LogP contribution < -0.4 is 0 Å². The van der Waals surface area contributed by atoms with E-state index in [0.29, 0.717) is 5.92 Å². The quantitative estimate of drug-likeness (QED) is 0.521. The summed E-state index contributed by atoms with van der Waals surface area (Å²) in [5, 5.41) is 14.4. The number of likely N-dealkylation sites (N-methyl/N-ethyl adjacent to an activating group) is 1. The van der Waals surface area contributed by atoms with Gasteiger partial charge in [0.05, 0.1) is 5.69 Å². The Balaban J connectivity index is 1.30. The van der Waals surface area contributed by atoms with E-state index in [1.165, 1.54) is 23.7 Å². The highest BCUT2D eigenvalue weighted by Gasteiger charge is 2.46. The van der Waals surface area contributed by atoms with Crippen LogP contribution in [-0.4, -0.2) is 64.8 Å². The number of rotatable bonds is 8. The van der Waals surface area contributed by atoms with Crippen molar-refractivity contribution in [1.29, 1.82) is 0 Å². The van der Waals surface area contributed by atoms with Gasteiger partial charge in [0.2, 0.25) is 0 Å². The van der Waals surface area contributed by atoms with Crippen molar-refractivity contribution < 1.29 is 18.8 Å². The van der Waals surface area contributed by atoms with Gasteiger partial charge in [-0.1, -0.05) is 38.1 Å². The summed E-state index contributed by atoms with van der Waals surface area (Å²) >= 11 is 0. The lowest BCUT2D eigenvalue weighted by Gasteiger charge is -2.40. The van der Waals surface area contributed by atoms with Crippen LogP contribution in [0.2, 0.25) is 0 Å². The Morgan fingerprint density at radius 2 is 2.03 bits per heavy atom.